The van der Waals surface area contributed by atoms with Gasteiger partial charge in [0.1, 0.15) is 0 Å². The molecule has 0 radical (unpaired) electrons. The number of hydrogen-bond acceptors (Lipinski definition) is 2. The molecule has 1 amide bonds. The minimum atomic E-state index is 0.232. The molecule has 0 saturated carbocycles. The van der Waals surface area contributed by atoms with Crippen LogP contribution in [0, 0.1) is 0 Å². The van der Waals surface area contributed by atoms with Gasteiger partial charge in [0.15, 0.2) is 0 Å². The van der Waals surface area contributed by atoms with Crippen molar-refractivity contribution < 1.29 is 4.79 Å². The lowest BCUT2D eigenvalue weighted by atomic mass is 10.0. The number of benzene rings is 1. The first-order chi connectivity index (χ1) is 8.72. The first-order valence-electron chi connectivity index (χ1n) is 6.78. The Hall–Kier alpha value is -1.35. The van der Waals surface area contributed by atoms with Gasteiger partial charge in [-0.05, 0) is 45.1 Å². The van der Waals surface area contributed by atoms with Gasteiger partial charge in [0.05, 0.1) is 0 Å². The fourth-order valence-corrected chi connectivity index (χ4v) is 2.57. The van der Waals surface area contributed by atoms with E-state index in [4.69, 9.17) is 0 Å². The van der Waals surface area contributed by atoms with Crippen molar-refractivity contribution >= 4 is 11.6 Å². The van der Waals surface area contributed by atoms with Crippen molar-refractivity contribution in [2.24, 2.45) is 0 Å². The average molecular weight is 246 g/mol. The first-order valence-corrected chi connectivity index (χ1v) is 6.78. The maximum absolute atomic E-state index is 12.2. The van der Waals surface area contributed by atoms with E-state index in [0.29, 0.717) is 12.5 Å². The number of piperidine rings is 1. The van der Waals surface area contributed by atoms with Gasteiger partial charge in [-0.3, -0.25) is 4.79 Å². The van der Waals surface area contributed by atoms with Gasteiger partial charge in [-0.25, -0.2) is 0 Å². The smallest absolute Gasteiger partial charge is 0.226 e. The Bertz CT molecular complexity index is 383. The summed E-state index contributed by atoms with van der Waals surface area (Å²) in [4.78, 5) is 16.5. The van der Waals surface area contributed by atoms with Gasteiger partial charge in [-0.2, -0.15) is 0 Å². The predicted octanol–water partition coefficient (Wildman–Crippen LogP) is 2.52. The highest BCUT2D eigenvalue weighted by Crippen LogP contribution is 2.23. The number of carbonyl (C=O) groups is 1. The summed E-state index contributed by atoms with van der Waals surface area (Å²) in [6.45, 7) is 4.09. The minimum absolute atomic E-state index is 0.232. The summed E-state index contributed by atoms with van der Waals surface area (Å²) in [6, 6.07) is 10.4. The van der Waals surface area contributed by atoms with E-state index >= 15 is 0 Å². The molecule has 1 saturated heterocycles. The van der Waals surface area contributed by atoms with Crippen molar-refractivity contribution in [1.29, 1.82) is 0 Å². The summed E-state index contributed by atoms with van der Waals surface area (Å²) < 4.78 is 0. The van der Waals surface area contributed by atoms with E-state index in [1.165, 1.54) is 0 Å². The highest BCUT2D eigenvalue weighted by molar-refractivity contribution is 5.93. The zero-order chi connectivity index (χ0) is 13.0. The maximum Gasteiger partial charge on any atom is 0.226 e. The van der Waals surface area contributed by atoms with Crippen molar-refractivity contribution in [3.63, 3.8) is 0 Å². The van der Waals surface area contributed by atoms with E-state index in [0.717, 1.165) is 31.6 Å². The number of nitrogens with zero attached hydrogens (tertiary/aromatic N) is 2. The average Bonchev–Trinajstić information content (AvgIpc) is 2.42. The minimum Gasteiger partial charge on any atom is -0.309 e. The molecule has 1 fully saturated rings. The van der Waals surface area contributed by atoms with Crippen LogP contribution in [0.15, 0.2) is 30.3 Å². The second-order valence-electron chi connectivity index (χ2n) is 4.99. The van der Waals surface area contributed by atoms with Gasteiger partial charge in [-0.15, -0.1) is 0 Å². The molecule has 3 nitrogen and oxygen atoms in total. The second kappa shape index (κ2) is 6.01. The summed E-state index contributed by atoms with van der Waals surface area (Å²) in [5.41, 5.74) is 1.04. The Morgan fingerprint density at radius 1 is 1.28 bits per heavy atom. The van der Waals surface area contributed by atoms with Crippen LogP contribution in [0.1, 0.15) is 26.2 Å². The molecule has 0 aromatic heterocycles. The van der Waals surface area contributed by atoms with Gasteiger partial charge in [-0.1, -0.05) is 25.1 Å². The summed E-state index contributed by atoms with van der Waals surface area (Å²) in [6.07, 6.45) is 2.70. The van der Waals surface area contributed by atoms with Gasteiger partial charge in [0.25, 0.3) is 0 Å². The van der Waals surface area contributed by atoms with Crippen LogP contribution in [-0.4, -0.2) is 37.0 Å². The van der Waals surface area contributed by atoms with Crippen LogP contribution in [0.25, 0.3) is 0 Å². The zero-order valence-electron chi connectivity index (χ0n) is 11.3. The van der Waals surface area contributed by atoms with Crippen LogP contribution in [0.2, 0.25) is 0 Å². The Morgan fingerprint density at radius 3 is 2.44 bits per heavy atom. The fraction of sp³-hybridized carbons (Fsp3) is 0.533. The highest BCUT2D eigenvalue weighted by Gasteiger charge is 2.26. The lowest BCUT2D eigenvalue weighted by molar-refractivity contribution is -0.119. The molecule has 1 aromatic rings. The zero-order valence-corrected chi connectivity index (χ0v) is 11.3. The molecule has 3 heteroatoms. The van der Waals surface area contributed by atoms with E-state index in [-0.39, 0.29) is 5.91 Å². The van der Waals surface area contributed by atoms with Crippen molar-refractivity contribution in [3.8, 4) is 0 Å². The third kappa shape index (κ3) is 2.91. The SMILES string of the molecule is CCC(=O)N(c1ccccc1)C1CCN(C)CC1. The fourth-order valence-electron chi connectivity index (χ4n) is 2.57. The third-order valence-electron chi connectivity index (χ3n) is 3.66. The van der Waals surface area contributed by atoms with Gasteiger partial charge < -0.3 is 9.80 Å². The number of para-hydroxylation sites is 1. The molecule has 1 aliphatic rings. The quantitative estimate of drug-likeness (QED) is 0.818. The van der Waals surface area contributed by atoms with Crippen LogP contribution in [-0.2, 0) is 4.79 Å². The van der Waals surface area contributed by atoms with Crippen LogP contribution >= 0.6 is 0 Å². The van der Waals surface area contributed by atoms with Gasteiger partial charge in [0.2, 0.25) is 5.91 Å². The Labute approximate surface area is 109 Å². The summed E-state index contributed by atoms with van der Waals surface area (Å²) in [7, 11) is 2.14. The molecular weight excluding hydrogens is 224 g/mol. The maximum atomic E-state index is 12.2. The van der Waals surface area contributed by atoms with Crippen molar-refractivity contribution in [1.82, 2.24) is 4.90 Å². The second-order valence-corrected chi connectivity index (χ2v) is 4.99. The van der Waals surface area contributed by atoms with Crippen LogP contribution < -0.4 is 4.90 Å². The molecule has 0 spiro atoms. The summed E-state index contributed by atoms with van der Waals surface area (Å²) in [5.74, 6) is 0.232. The van der Waals surface area contributed by atoms with Crippen LogP contribution in [0.5, 0.6) is 0 Å². The van der Waals surface area contributed by atoms with Crippen molar-refractivity contribution in [3.05, 3.63) is 30.3 Å². The molecule has 0 aliphatic carbocycles. The highest BCUT2D eigenvalue weighted by atomic mass is 16.2. The van der Waals surface area contributed by atoms with E-state index in [9.17, 15) is 4.79 Å². The summed E-state index contributed by atoms with van der Waals surface area (Å²) in [5, 5.41) is 0. The topological polar surface area (TPSA) is 23.6 Å². The van der Waals surface area contributed by atoms with Crippen LogP contribution in [0.4, 0.5) is 5.69 Å². The molecule has 0 N–H and O–H groups in total. The molecule has 2 rings (SSSR count). The number of anilines is 1. The summed E-state index contributed by atoms with van der Waals surface area (Å²) >= 11 is 0. The number of likely N-dealkylation sites (tertiary alicyclic amines) is 1. The first kappa shape index (κ1) is 13.1. The molecule has 1 aromatic carbocycles. The van der Waals surface area contributed by atoms with Crippen molar-refractivity contribution in [2.75, 3.05) is 25.0 Å². The number of hydrogen-bond donors (Lipinski definition) is 0. The Balaban J connectivity index is 2.18. The largest absolute Gasteiger partial charge is 0.309 e. The Kier molecular flexibility index (Phi) is 4.37. The molecule has 0 unspecified atom stereocenters. The molecule has 0 atom stereocenters. The standard InChI is InChI=1S/C15H22N2O/c1-3-15(18)17(13-7-5-4-6-8-13)14-9-11-16(2)12-10-14/h4-8,14H,3,9-12H2,1-2H3. The molecular formula is C15H22N2O. The van der Waals surface area contributed by atoms with E-state index in [2.05, 4.69) is 11.9 Å². The Morgan fingerprint density at radius 2 is 1.89 bits per heavy atom. The molecule has 98 valence electrons. The monoisotopic (exact) mass is 246 g/mol. The van der Waals surface area contributed by atoms with E-state index in [1.807, 2.05) is 42.2 Å². The predicted molar refractivity (Wildman–Crippen MR) is 74.7 cm³/mol. The number of amides is 1. The van der Waals surface area contributed by atoms with Crippen molar-refractivity contribution in [2.45, 2.75) is 32.2 Å². The van der Waals surface area contributed by atoms with Crippen LogP contribution in [0.3, 0.4) is 0 Å². The van der Waals surface area contributed by atoms with Gasteiger partial charge >= 0.3 is 0 Å². The van der Waals surface area contributed by atoms with E-state index in [1.54, 1.807) is 0 Å². The number of rotatable bonds is 3. The normalized spacial score (nSPS) is 17.7. The van der Waals surface area contributed by atoms with E-state index < -0.39 is 0 Å². The van der Waals surface area contributed by atoms with Gasteiger partial charge in [0, 0.05) is 18.2 Å². The number of carbonyl (C=O) groups excluding carboxylic acids is 1. The lowest BCUT2D eigenvalue weighted by Gasteiger charge is -2.37. The third-order valence-corrected chi connectivity index (χ3v) is 3.66. The molecule has 1 heterocycles. The lowest BCUT2D eigenvalue weighted by Crippen LogP contribution is -2.46. The molecule has 18 heavy (non-hydrogen) atoms. The molecule has 0 bridgehead atoms. The molecule has 1 aliphatic heterocycles.